The lowest BCUT2D eigenvalue weighted by molar-refractivity contribution is -0.122. The molecule has 2 heterocycles. The van der Waals surface area contributed by atoms with Crippen molar-refractivity contribution in [1.29, 1.82) is 0 Å². The number of aryl methyl sites for hydroxylation is 1. The zero-order valence-corrected chi connectivity index (χ0v) is 17.4. The summed E-state index contributed by atoms with van der Waals surface area (Å²) >= 11 is 0. The summed E-state index contributed by atoms with van der Waals surface area (Å²) in [5.41, 5.74) is 1.60. The average molecular weight is 440 g/mol. The molecule has 2 amide bonds. The maximum Gasteiger partial charge on any atom is 0.255 e. The van der Waals surface area contributed by atoms with Crippen LogP contribution in [0, 0.1) is 6.92 Å². The number of carbonyl (C=O) groups is 2. The highest BCUT2D eigenvalue weighted by Gasteiger charge is 2.29. The van der Waals surface area contributed by atoms with E-state index in [9.17, 15) is 18.0 Å². The lowest BCUT2D eigenvalue weighted by Gasteiger charge is -2.25. The van der Waals surface area contributed by atoms with Gasteiger partial charge in [0.1, 0.15) is 5.82 Å². The minimum absolute atomic E-state index is 0.0284. The molecule has 0 atom stereocenters. The van der Waals surface area contributed by atoms with Crippen LogP contribution in [0.5, 0.6) is 0 Å². The second-order valence-electron chi connectivity index (χ2n) is 6.99. The molecule has 10 nitrogen and oxygen atoms in total. The summed E-state index contributed by atoms with van der Waals surface area (Å²) in [5, 5.41) is 12.3. The maximum absolute atomic E-state index is 12.7. The van der Waals surface area contributed by atoms with E-state index in [4.69, 9.17) is 0 Å². The number of H-pyrrole nitrogens is 1. The van der Waals surface area contributed by atoms with Gasteiger partial charge in [-0.3, -0.25) is 14.7 Å². The van der Waals surface area contributed by atoms with Crippen LogP contribution in [0.25, 0.3) is 11.4 Å². The summed E-state index contributed by atoms with van der Waals surface area (Å²) in [6.07, 6.45) is 0. The quantitative estimate of drug-likeness (QED) is 0.544. The zero-order valence-electron chi connectivity index (χ0n) is 16.6. The Morgan fingerprint density at radius 1 is 1.16 bits per heavy atom. The van der Waals surface area contributed by atoms with Crippen molar-refractivity contribution in [2.24, 2.45) is 0 Å². The van der Waals surface area contributed by atoms with Gasteiger partial charge in [0.2, 0.25) is 15.9 Å². The second kappa shape index (κ2) is 8.28. The number of benzene rings is 2. The third-order valence-electron chi connectivity index (χ3n) is 4.73. The fourth-order valence-electron chi connectivity index (χ4n) is 3.16. The fraction of sp³-hybridized carbons (Fsp3) is 0.200. The molecule has 1 aliphatic heterocycles. The van der Waals surface area contributed by atoms with E-state index >= 15 is 0 Å². The molecule has 2 aromatic carbocycles. The largest absolute Gasteiger partial charge is 0.354 e. The van der Waals surface area contributed by atoms with Gasteiger partial charge in [0, 0.05) is 29.9 Å². The highest BCUT2D eigenvalue weighted by Crippen LogP contribution is 2.21. The van der Waals surface area contributed by atoms with E-state index in [1.807, 2.05) is 6.07 Å². The Hall–Kier alpha value is -3.57. The number of aromatic nitrogens is 3. The summed E-state index contributed by atoms with van der Waals surface area (Å²) in [5.74, 6) is 0.483. The van der Waals surface area contributed by atoms with E-state index < -0.39 is 10.0 Å². The van der Waals surface area contributed by atoms with Crippen LogP contribution in [-0.4, -0.2) is 59.4 Å². The summed E-state index contributed by atoms with van der Waals surface area (Å²) in [7, 11) is -3.81. The lowest BCUT2D eigenvalue weighted by atomic mass is 10.1. The minimum Gasteiger partial charge on any atom is -0.354 e. The number of hydrogen-bond acceptors (Lipinski definition) is 6. The number of amides is 2. The highest BCUT2D eigenvalue weighted by atomic mass is 32.2. The van der Waals surface area contributed by atoms with Crippen molar-refractivity contribution in [3.63, 3.8) is 0 Å². The Morgan fingerprint density at radius 2 is 1.94 bits per heavy atom. The monoisotopic (exact) mass is 440 g/mol. The first-order valence-corrected chi connectivity index (χ1v) is 10.9. The van der Waals surface area contributed by atoms with Gasteiger partial charge in [-0.15, -0.1) is 0 Å². The molecule has 0 aliphatic carbocycles. The van der Waals surface area contributed by atoms with Gasteiger partial charge in [-0.1, -0.05) is 12.1 Å². The molecule has 31 heavy (non-hydrogen) atoms. The first-order chi connectivity index (χ1) is 14.8. The first-order valence-electron chi connectivity index (χ1n) is 9.51. The molecule has 1 aliphatic rings. The number of anilines is 1. The minimum atomic E-state index is -3.81. The normalized spacial score (nSPS) is 14.8. The van der Waals surface area contributed by atoms with Crippen molar-refractivity contribution in [3.05, 3.63) is 59.9 Å². The number of piperazine rings is 1. The van der Waals surface area contributed by atoms with Crippen LogP contribution >= 0.6 is 0 Å². The molecule has 0 saturated carbocycles. The van der Waals surface area contributed by atoms with Gasteiger partial charge in [-0.05, 0) is 43.3 Å². The van der Waals surface area contributed by atoms with Gasteiger partial charge >= 0.3 is 0 Å². The number of carbonyl (C=O) groups excluding carboxylic acids is 2. The summed E-state index contributed by atoms with van der Waals surface area (Å²) in [4.78, 5) is 28.4. The van der Waals surface area contributed by atoms with Crippen molar-refractivity contribution in [1.82, 2.24) is 24.8 Å². The fourth-order valence-corrected chi connectivity index (χ4v) is 4.56. The van der Waals surface area contributed by atoms with E-state index in [2.05, 4.69) is 25.8 Å². The predicted octanol–water partition coefficient (Wildman–Crippen LogP) is 1.15. The summed E-state index contributed by atoms with van der Waals surface area (Å²) < 4.78 is 26.5. The van der Waals surface area contributed by atoms with E-state index in [1.165, 1.54) is 24.3 Å². The van der Waals surface area contributed by atoms with E-state index in [0.29, 0.717) is 22.9 Å². The SMILES string of the molecule is Cc1nc(-c2cccc(NC(=O)c3ccc(S(=O)(=O)N4CCNC(=O)C4)cc3)c2)n[nH]1. The molecule has 1 fully saturated rings. The van der Waals surface area contributed by atoms with Gasteiger partial charge in [0.05, 0.1) is 11.4 Å². The molecular weight excluding hydrogens is 420 g/mol. The van der Waals surface area contributed by atoms with Crippen LogP contribution in [0.15, 0.2) is 53.4 Å². The zero-order chi connectivity index (χ0) is 22.0. The topological polar surface area (TPSA) is 137 Å². The van der Waals surface area contributed by atoms with Crippen LogP contribution in [0.2, 0.25) is 0 Å². The lowest BCUT2D eigenvalue weighted by Crippen LogP contribution is -2.49. The van der Waals surface area contributed by atoms with Crippen molar-refractivity contribution in [2.75, 3.05) is 25.0 Å². The molecular formula is C20H20N6O4S. The van der Waals surface area contributed by atoms with E-state index in [0.717, 1.165) is 9.87 Å². The van der Waals surface area contributed by atoms with Crippen LogP contribution in [0.4, 0.5) is 5.69 Å². The Labute approximate surface area is 178 Å². The Bertz CT molecular complexity index is 1240. The van der Waals surface area contributed by atoms with Gasteiger partial charge in [-0.25, -0.2) is 13.4 Å². The van der Waals surface area contributed by atoms with E-state index in [-0.39, 0.29) is 36.3 Å². The molecule has 3 aromatic rings. The van der Waals surface area contributed by atoms with Crippen molar-refractivity contribution in [3.8, 4) is 11.4 Å². The highest BCUT2D eigenvalue weighted by molar-refractivity contribution is 7.89. The van der Waals surface area contributed by atoms with Gasteiger partial charge < -0.3 is 10.6 Å². The third-order valence-corrected chi connectivity index (χ3v) is 6.59. The molecule has 1 saturated heterocycles. The summed E-state index contributed by atoms with van der Waals surface area (Å²) in [6, 6.07) is 12.7. The molecule has 0 unspecified atom stereocenters. The predicted molar refractivity (Wildman–Crippen MR) is 113 cm³/mol. The third kappa shape index (κ3) is 4.47. The van der Waals surface area contributed by atoms with Gasteiger partial charge in [0.15, 0.2) is 5.82 Å². The molecule has 1 aromatic heterocycles. The number of aromatic amines is 1. The second-order valence-corrected chi connectivity index (χ2v) is 8.93. The first kappa shape index (κ1) is 20.7. The number of sulfonamides is 1. The van der Waals surface area contributed by atoms with Crippen LogP contribution < -0.4 is 10.6 Å². The van der Waals surface area contributed by atoms with Crippen molar-refractivity contribution < 1.29 is 18.0 Å². The standard InChI is InChI=1S/C20H20N6O4S/c1-13-22-19(25-24-13)15-3-2-4-16(11-15)23-20(28)14-5-7-17(8-6-14)31(29,30)26-10-9-21-18(27)12-26/h2-8,11H,9-10,12H2,1H3,(H,21,27)(H,23,28)(H,22,24,25). The molecule has 160 valence electrons. The van der Waals surface area contributed by atoms with Crippen molar-refractivity contribution >= 4 is 27.5 Å². The summed E-state index contributed by atoms with van der Waals surface area (Å²) in [6.45, 7) is 2.05. The van der Waals surface area contributed by atoms with E-state index in [1.54, 1.807) is 25.1 Å². The molecule has 0 spiro atoms. The number of nitrogens with one attached hydrogen (secondary N) is 3. The van der Waals surface area contributed by atoms with Crippen LogP contribution in [-0.2, 0) is 14.8 Å². The average Bonchev–Trinajstić information content (AvgIpc) is 3.20. The number of rotatable bonds is 5. The molecule has 4 rings (SSSR count). The van der Waals surface area contributed by atoms with Crippen molar-refractivity contribution in [2.45, 2.75) is 11.8 Å². The molecule has 3 N–H and O–H groups in total. The molecule has 0 radical (unpaired) electrons. The number of hydrogen-bond donors (Lipinski definition) is 3. The smallest absolute Gasteiger partial charge is 0.255 e. The Balaban J connectivity index is 1.48. The Morgan fingerprint density at radius 3 is 2.61 bits per heavy atom. The van der Waals surface area contributed by atoms with Gasteiger partial charge in [0.25, 0.3) is 5.91 Å². The molecule has 0 bridgehead atoms. The number of nitrogens with zero attached hydrogens (tertiary/aromatic N) is 3. The van der Waals surface area contributed by atoms with Crippen LogP contribution in [0.1, 0.15) is 16.2 Å². The van der Waals surface area contributed by atoms with Gasteiger partial charge in [-0.2, -0.15) is 9.40 Å². The Kier molecular flexibility index (Phi) is 5.53. The van der Waals surface area contributed by atoms with Crippen LogP contribution in [0.3, 0.4) is 0 Å². The molecule has 11 heteroatoms. The maximum atomic E-state index is 12.7.